The molecular weight excluding hydrogens is 300 g/mol. The van der Waals surface area contributed by atoms with Gasteiger partial charge in [0.1, 0.15) is 6.10 Å². The zero-order valence-electron chi connectivity index (χ0n) is 15.0. The number of carbonyl (C=O) groups excluding carboxylic acids is 1. The number of nitrogens with one attached hydrogen (secondary N) is 1. The van der Waals surface area contributed by atoms with Crippen molar-refractivity contribution in [3.05, 3.63) is 35.4 Å². The lowest BCUT2D eigenvalue weighted by atomic mass is 9.91. The van der Waals surface area contributed by atoms with Crippen LogP contribution in [-0.4, -0.2) is 36.6 Å². The lowest BCUT2D eigenvalue weighted by molar-refractivity contribution is -0.130. The number of hydrogen-bond donors (Lipinski definition) is 1. The summed E-state index contributed by atoms with van der Waals surface area (Å²) in [6.45, 7) is 9.29. The van der Waals surface area contributed by atoms with E-state index in [2.05, 4.69) is 48.3 Å². The third kappa shape index (κ3) is 4.58. The molecule has 132 valence electrons. The number of hydrogen-bond acceptors (Lipinski definition) is 3. The highest BCUT2D eigenvalue weighted by atomic mass is 16.5. The summed E-state index contributed by atoms with van der Waals surface area (Å²) in [4.78, 5) is 14.7. The third-order valence-corrected chi connectivity index (χ3v) is 5.13. The first kappa shape index (κ1) is 17.4. The normalized spacial score (nSPS) is 28.0. The van der Waals surface area contributed by atoms with Crippen LogP contribution in [0, 0.1) is 11.8 Å². The van der Waals surface area contributed by atoms with Gasteiger partial charge in [0.05, 0.1) is 0 Å². The number of ether oxygens (including phenoxy) is 1. The van der Waals surface area contributed by atoms with E-state index in [1.54, 1.807) is 0 Å². The highest BCUT2D eigenvalue weighted by molar-refractivity contribution is 5.80. The fourth-order valence-electron chi connectivity index (χ4n) is 4.13. The maximum atomic E-state index is 12.2. The Labute approximate surface area is 145 Å². The van der Waals surface area contributed by atoms with Crippen molar-refractivity contribution in [1.29, 1.82) is 0 Å². The Hall–Kier alpha value is -1.39. The van der Waals surface area contributed by atoms with E-state index in [0.29, 0.717) is 13.2 Å². The van der Waals surface area contributed by atoms with Crippen LogP contribution in [0.2, 0.25) is 0 Å². The maximum Gasteiger partial charge on any atom is 0.249 e. The number of likely N-dealkylation sites (tertiary alicyclic amines) is 1. The Balaban J connectivity index is 1.59. The Kier molecular flexibility index (Phi) is 5.90. The minimum atomic E-state index is -0.249. The summed E-state index contributed by atoms with van der Waals surface area (Å²) >= 11 is 0. The van der Waals surface area contributed by atoms with Crippen LogP contribution < -0.4 is 5.32 Å². The molecule has 1 aromatic rings. The Morgan fingerprint density at radius 1 is 1.21 bits per heavy atom. The zero-order valence-corrected chi connectivity index (χ0v) is 15.0. The molecule has 3 rings (SSSR count). The summed E-state index contributed by atoms with van der Waals surface area (Å²) in [5.41, 5.74) is 2.54. The molecular formula is C20H30N2O2. The van der Waals surface area contributed by atoms with Gasteiger partial charge >= 0.3 is 0 Å². The monoisotopic (exact) mass is 330 g/mol. The summed E-state index contributed by atoms with van der Waals surface area (Å²) in [6.07, 6.45) is 2.91. The molecule has 0 radical (unpaired) electrons. The van der Waals surface area contributed by atoms with Crippen LogP contribution in [0.5, 0.6) is 0 Å². The molecule has 2 aliphatic rings. The molecule has 0 saturated carbocycles. The minimum absolute atomic E-state index is 0.0301. The van der Waals surface area contributed by atoms with Crippen molar-refractivity contribution >= 4 is 5.91 Å². The molecule has 24 heavy (non-hydrogen) atoms. The predicted octanol–water partition coefficient (Wildman–Crippen LogP) is 2.96. The third-order valence-electron chi connectivity index (χ3n) is 5.13. The number of amides is 1. The molecule has 4 nitrogen and oxygen atoms in total. The second-order valence-electron chi connectivity index (χ2n) is 7.63. The Bertz CT molecular complexity index is 544. The fourth-order valence-corrected chi connectivity index (χ4v) is 4.13. The minimum Gasteiger partial charge on any atom is -0.368 e. The first-order valence-corrected chi connectivity index (χ1v) is 9.30. The quantitative estimate of drug-likeness (QED) is 0.902. The van der Waals surface area contributed by atoms with Gasteiger partial charge in [0, 0.05) is 32.8 Å². The lowest BCUT2D eigenvalue weighted by Gasteiger charge is -2.35. The second kappa shape index (κ2) is 8.13. The van der Waals surface area contributed by atoms with E-state index in [0.717, 1.165) is 31.2 Å². The van der Waals surface area contributed by atoms with Gasteiger partial charge in [-0.25, -0.2) is 0 Å². The van der Waals surface area contributed by atoms with Crippen LogP contribution in [0.4, 0.5) is 0 Å². The number of benzene rings is 1. The van der Waals surface area contributed by atoms with Crippen LogP contribution in [0.1, 0.15) is 44.2 Å². The molecule has 1 aromatic carbocycles. The van der Waals surface area contributed by atoms with Gasteiger partial charge in [0.15, 0.2) is 0 Å². The SMILES string of the molecule is C[C@@H]1C[C@@H](C)CN(Cc2ccccc2CNC(=O)[C@H]2CCCO2)C1. The van der Waals surface area contributed by atoms with Crippen LogP contribution in [0.15, 0.2) is 24.3 Å². The van der Waals surface area contributed by atoms with Crippen molar-refractivity contribution in [3.63, 3.8) is 0 Å². The topological polar surface area (TPSA) is 41.6 Å². The van der Waals surface area contributed by atoms with Crippen molar-refractivity contribution in [2.24, 2.45) is 11.8 Å². The van der Waals surface area contributed by atoms with E-state index in [1.807, 2.05) is 0 Å². The number of carbonyl (C=O) groups is 1. The molecule has 1 N–H and O–H groups in total. The fraction of sp³-hybridized carbons (Fsp3) is 0.650. The van der Waals surface area contributed by atoms with Gasteiger partial charge in [-0.3, -0.25) is 9.69 Å². The molecule has 2 fully saturated rings. The summed E-state index contributed by atoms with van der Waals surface area (Å²) < 4.78 is 5.46. The van der Waals surface area contributed by atoms with Gasteiger partial charge < -0.3 is 10.1 Å². The van der Waals surface area contributed by atoms with Gasteiger partial charge in [-0.15, -0.1) is 0 Å². The highest BCUT2D eigenvalue weighted by Crippen LogP contribution is 2.23. The molecule has 2 saturated heterocycles. The second-order valence-corrected chi connectivity index (χ2v) is 7.63. The Morgan fingerprint density at radius 3 is 2.58 bits per heavy atom. The molecule has 0 bridgehead atoms. The first-order chi connectivity index (χ1) is 11.6. The smallest absolute Gasteiger partial charge is 0.249 e. The zero-order chi connectivity index (χ0) is 16.9. The molecule has 0 unspecified atom stereocenters. The highest BCUT2D eigenvalue weighted by Gasteiger charge is 2.24. The lowest BCUT2D eigenvalue weighted by Crippen LogP contribution is -2.38. The van der Waals surface area contributed by atoms with E-state index in [-0.39, 0.29) is 12.0 Å². The van der Waals surface area contributed by atoms with Gasteiger partial charge in [0.2, 0.25) is 5.91 Å². The predicted molar refractivity (Wildman–Crippen MR) is 95.5 cm³/mol. The molecule has 2 aliphatic heterocycles. The molecule has 2 heterocycles. The van der Waals surface area contributed by atoms with Crippen molar-refractivity contribution in [2.45, 2.75) is 52.3 Å². The van der Waals surface area contributed by atoms with E-state index < -0.39 is 0 Å². The van der Waals surface area contributed by atoms with Crippen molar-refractivity contribution in [1.82, 2.24) is 10.2 Å². The van der Waals surface area contributed by atoms with E-state index >= 15 is 0 Å². The van der Waals surface area contributed by atoms with Crippen molar-refractivity contribution in [2.75, 3.05) is 19.7 Å². The Morgan fingerprint density at radius 2 is 1.92 bits per heavy atom. The van der Waals surface area contributed by atoms with Crippen molar-refractivity contribution in [3.8, 4) is 0 Å². The molecule has 0 aliphatic carbocycles. The van der Waals surface area contributed by atoms with Crippen LogP contribution >= 0.6 is 0 Å². The largest absolute Gasteiger partial charge is 0.368 e. The van der Waals surface area contributed by atoms with Crippen LogP contribution in [0.3, 0.4) is 0 Å². The molecule has 4 heteroatoms. The van der Waals surface area contributed by atoms with Crippen LogP contribution in [0.25, 0.3) is 0 Å². The first-order valence-electron chi connectivity index (χ1n) is 9.30. The average molecular weight is 330 g/mol. The molecule has 0 aromatic heterocycles. The number of nitrogens with zero attached hydrogens (tertiary/aromatic N) is 1. The summed E-state index contributed by atoms with van der Waals surface area (Å²) in [7, 11) is 0. The summed E-state index contributed by atoms with van der Waals surface area (Å²) in [5, 5.41) is 3.05. The van der Waals surface area contributed by atoms with Gasteiger partial charge in [0.25, 0.3) is 0 Å². The maximum absolute atomic E-state index is 12.2. The summed E-state index contributed by atoms with van der Waals surface area (Å²) in [6, 6.07) is 8.47. The summed E-state index contributed by atoms with van der Waals surface area (Å²) in [5.74, 6) is 1.56. The van der Waals surface area contributed by atoms with E-state index in [1.165, 1.54) is 30.6 Å². The van der Waals surface area contributed by atoms with Gasteiger partial charge in [-0.2, -0.15) is 0 Å². The van der Waals surface area contributed by atoms with E-state index in [9.17, 15) is 4.79 Å². The average Bonchev–Trinajstić information content (AvgIpc) is 3.07. The number of rotatable bonds is 5. The van der Waals surface area contributed by atoms with Crippen molar-refractivity contribution < 1.29 is 9.53 Å². The molecule has 1 amide bonds. The van der Waals surface area contributed by atoms with Crippen LogP contribution in [-0.2, 0) is 22.6 Å². The standard InChI is InChI=1S/C20H30N2O2/c1-15-10-16(2)13-22(12-15)14-18-7-4-3-6-17(18)11-21-20(23)19-8-5-9-24-19/h3-4,6-7,15-16,19H,5,8-14H2,1-2H3,(H,21,23)/t15-,16-,19-/m1/s1. The van der Waals surface area contributed by atoms with Gasteiger partial charge in [-0.1, -0.05) is 38.1 Å². The molecule has 0 spiro atoms. The number of piperidine rings is 1. The van der Waals surface area contributed by atoms with E-state index in [4.69, 9.17) is 4.74 Å². The van der Waals surface area contributed by atoms with Gasteiger partial charge in [-0.05, 0) is 42.2 Å². The molecule has 3 atom stereocenters.